The molecule has 3 aromatic rings. The Morgan fingerprint density at radius 3 is 2.44 bits per heavy atom. The number of benzene rings is 2. The Kier molecular flexibility index (Phi) is 7.38. The van der Waals surface area contributed by atoms with Crippen molar-refractivity contribution in [1.29, 1.82) is 5.26 Å². The van der Waals surface area contributed by atoms with Crippen molar-refractivity contribution in [3.05, 3.63) is 77.6 Å². The van der Waals surface area contributed by atoms with Gasteiger partial charge in [0.15, 0.2) is 5.69 Å². The number of rotatable bonds is 8. The molecule has 0 spiro atoms. The highest BCUT2D eigenvalue weighted by Gasteiger charge is 2.20. The van der Waals surface area contributed by atoms with Crippen LogP contribution in [0, 0.1) is 11.3 Å². The molecule has 1 heterocycles. The predicted molar refractivity (Wildman–Crippen MR) is 119 cm³/mol. The second kappa shape index (κ2) is 10.6. The maximum Gasteiger partial charge on any atom is 0.359 e. The summed E-state index contributed by atoms with van der Waals surface area (Å²) in [7, 11) is 0. The Morgan fingerprint density at radius 1 is 1.09 bits per heavy atom. The summed E-state index contributed by atoms with van der Waals surface area (Å²) in [6.07, 6.45) is 2.89. The summed E-state index contributed by atoms with van der Waals surface area (Å²) < 4.78 is 12.0. The molecule has 162 valence electrons. The van der Waals surface area contributed by atoms with Crippen LogP contribution in [0.1, 0.15) is 29.9 Å². The number of hydrogen-bond acceptors (Lipinski definition) is 6. The second-order valence-corrected chi connectivity index (χ2v) is 6.51. The fourth-order valence-electron chi connectivity index (χ4n) is 2.87. The van der Waals surface area contributed by atoms with Gasteiger partial charge in [0.25, 0.3) is 5.91 Å². The Bertz CT molecular complexity index is 1160. The van der Waals surface area contributed by atoms with E-state index < -0.39 is 11.9 Å². The summed E-state index contributed by atoms with van der Waals surface area (Å²) in [5, 5.41) is 16.5. The molecule has 8 nitrogen and oxygen atoms in total. The number of carbonyl (C=O) groups is 2. The zero-order valence-electron chi connectivity index (χ0n) is 17.7. The lowest BCUT2D eigenvalue weighted by Gasteiger charge is -2.06. The number of para-hydroxylation sites is 1. The molecule has 0 saturated heterocycles. The number of carbonyl (C=O) groups excluding carboxylic acids is 2. The van der Waals surface area contributed by atoms with E-state index >= 15 is 0 Å². The van der Waals surface area contributed by atoms with Crippen LogP contribution in [0.5, 0.6) is 5.75 Å². The number of nitriles is 1. The van der Waals surface area contributed by atoms with Crippen LogP contribution < -0.4 is 10.1 Å². The van der Waals surface area contributed by atoms with Crippen LogP contribution >= 0.6 is 0 Å². The van der Waals surface area contributed by atoms with Crippen molar-refractivity contribution in [3.63, 3.8) is 0 Å². The molecule has 0 aliphatic rings. The Morgan fingerprint density at radius 2 is 1.81 bits per heavy atom. The molecule has 1 N–H and O–H groups in total. The molecule has 2 aromatic carbocycles. The number of ether oxygens (including phenoxy) is 2. The fourth-order valence-corrected chi connectivity index (χ4v) is 2.87. The van der Waals surface area contributed by atoms with Crippen LogP contribution in [0.4, 0.5) is 5.69 Å². The van der Waals surface area contributed by atoms with E-state index in [9.17, 15) is 14.9 Å². The van der Waals surface area contributed by atoms with E-state index in [1.165, 1.54) is 10.8 Å². The molecule has 32 heavy (non-hydrogen) atoms. The van der Waals surface area contributed by atoms with Gasteiger partial charge in [-0.25, -0.2) is 9.48 Å². The maximum atomic E-state index is 12.7. The number of aromatic nitrogens is 2. The van der Waals surface area contributed by atoms with Crippen molar-refractivity contribution in [3.8, 4) is 17.5 Å². The minimum absolute atomic E-state index is 0.0114. The van der Waals surface area contributed by atoms with E-state index in [-0.39, 0.29) is 17.9 Å². The Hall–Kier alpha value is -4.38. The molecule has 3 rings (SSSR count). The minimum atomic E-state index is -0.641. The minimum Gasteiger partial charge on any atom is -0.494 e. The van der Waals surface area contributed by atoms with E-state index in [1.807, 2.05) is 43.3 Å². The molecule has 1 aromatic heterocycles. The van der Waals surface area contributed by atoms with Crippen LogP contribution in [0.2, 0.25) is 0 Å². The van der Waals surface area contributed by atoms with Crippen molar-refractivity contribution in [2.75, 3.05) is 18.5 Å². The monoisotopic (exact) mass is 430 g/mol. The molecule has 0 fully saturated rings. The first-order valence-corrected chi connectivity index (χ1v) is 10.0. The van der Waals surface area contributed by atoms with Crippen LogP contribution in [-0.2, 0) is 9.53 Å². The molecule has 0 saturated carbocycles. The summed E-state index contributed by atoms with van der Waals surface area (Å²) >= 11 is 0. The van der Waals surface area contributed by atoms with Gasteiger partial charge in [-0.3, -0.25) is 4.79 Å². The highest BCUT2D eigenvalue weighted by molar-refractivity contribution is 6.10. The van der Waals surface area contributed by atoms with Gasteiger partial charge in [-0.05, 0) is 56.3 Å². The molecule has 0 radical (unpaired) electrons. The van der Waals surface area contributed by atoms with Crippen LogP contribution in [0.15, 0.2) is 66.4 Å². The van der Waals surface area contributed by atoms with Crippen LogP contribution in [0.25, 0.3) is 11.8 Å². The number of anilines is 1. The number of nitrogens with one attached hydrogen (secondary N) is 1. The van der Waals surface area contributed by atoms with E-state index in [4.69, 9.17) is 9.47 Å². The highest BCUT2D eigenvalue weighted by atomic mass is 16.5. The fraction of sp³-hybridized carbons (Fsp3) is 0.167. The van der Waals surface area contributed by atoms with Crippen molar-refractivity contribution < 1.29 is 19.1 Å². The van der Waals surface area contributed by atoms with Gasteiger partial charge in [-0.1, -0.05) is 18.2 Å². The number of hydrogen-bond donors (Lipinski definition) is 1. The largest absolute Gasteiger partial charge is 0.494 e. The van der Waals surface area contributed by atoms with E-state index in [2.05, 4.69) is 10.4 Å². The molecule has 0 aliphatic heterocycles. The van der Waals surface area contributed by atoms with E-state index in [1.54, 1.807) is 37.4 Å². The van der Waals surface area contributed by atoms with E-state index in [0.717, 1.165) is 5.69 Å². The molecular formula is C24H22N4O4. The molecule has 0 bridgehead atoms. The van der Waals surface area contributed by atoms with Gasteiger partial charge in [0.1, 0.15) is 17.4 Å². The topological polar surface area (TPSA) is 106 Å². The maximum absolute atomic E-state index is 12.7. The zero-order valence-corrected chi connectivity index (χ0v) is 17.7. The average Bonchev–Trinajstić information content (AvgIpc) is 3.24. The highest BCUT2D eigenvalue weighted by Crippen LogP contribution is 2.19. The third-order valence-electron chi connectivity index (χ3n) is 4.32. The second-order valence-electron chi connectivity index (χ2n) is 6.51. The van der Waals surface area contributed by atoms with Gasteiger partial charge in [-0.2, -0.15) is 10.4 Å². The quantitative estimate of drug-likeness (QED) is 0.329. The van der Waals surface area contributed by atoms with Crippen molar-refractivity contribution in [2.24, 2.45) is 0 Å². The molecule has 0 atom stereocenters. The van der Waals surface area contributed by atoms with Gasteiger partial charge < -0.3 is 14.8 Å². The molecule has 0 aliphatic carbocycles. The average molecular weight is 430 g/mol. The third-order valence-corrected chi connectivity index (χ3v) is 4.32. The third kappa shape index (κ3) is 5.40. The van der Waals surface area contributed by atoms with Gasteiger partial charge in [0.2, 0.25) is 0 Å². The van der Waals surface area contributed by atoms with Gasteiger partial charge >= 0.3 is 5.97 Å². The van der Waals surface area contributed by atoms with Crippen LogP contribution in [0.3, 0.4) is 0 Å². The lowest BCUT2D eigenvalue weighted by molar-refractivity contribution is -0.112. The van der Waals surface area contributed by atoms with Gasteiger partial charge in [0, 0.05) is 17.4 Å². The van der Waals surface area contributed by atoms with Crippen molar-refractivity contribution >= 4 is 23.6 Å². The van der Waals surface area contributed by atoms with E-state index in [0.29, 0.717) is 23.6 Å². The first-order valence-electron chi connectivity index (χ1n) is 10.0. The van der Waals surface area contributed by atoms with Crippen LogP contribution in [-0.4, -0.2) is 34.9 Å². The lowest BCUT2D eigenvalue weighted by atomic mass is 10.1. The smallest absolute Gasteiger partial charge is 0.359 e. The van der Waals surface area contributed by atoms with Crippen molar-refractivity contribution in [1.82, 2.24) is 9.78 Å². The number of esters is 1. The first-order chi connectivity index (χ1) is 15.5. The summed E-state index contributed by atoms with van der Waals surface area (Å²) in [5.74, 6) is -0.578. The standard InChI is InChI=1S/C24H22N4O4/c1-3-31-21-12-10-19(11-13-21)26-23(29)17(15-25)14-18-16-28(20-8-6-5-7-9-20)27-22(18)24(30)32-4-2/h5-14,16H,3-4H2,1-2H3,(H,26,29)/b17-14+. The normalized spacial score (nSPS) is 10.8. The summed E-state index contributed by atoms with van der Waals surface area (Å²) in [6, 6.07) is 17.8. The number of amides is 1. The van der Waals surface area contributed by atoms with Crippen molar-refractivity contribution in [2.45, 2.75) is 13.8 Å². The van der Waals surface area contributed by atoms with Gasteiger partial charge in [-0.15, -0.1) is 0 Å². The molecular weight excluding hydrogens is 408 g/mol. The Balaban J connectivity index is 1.90. The summed E-state index contributed by atoms with van der Waals surface area (Å²) in [5.41, 5.74) is 1.35. The first kappa shape index (κ1) is 22.3. The molecule has 1 amide bonds. The SMILES string of the molecule is CCOC(=O)c1nn(-c2ccccc2)cc1/C=C(\C#N)C(=O)Nc1ccc(OCC)cc1. The number of nitrogens with zero attached hydrogens (tertiary/aromatic N) is 3. The summed E-state index contributed by atoms with van der Waals surface area (Å²) in [4.78, 5) is 25.1. The van der Waals surface area contributed by atoms with Gasteiger partial charge in [0.05, 0.1) is 18.9 Å². The lowest BCUT2D eigenvalue weighted by Crippen LogP contribution is -2.14. The Labute approximate surface area is 185 Å². The molecule has 0 unspecified atom stereocenters. The predicted octanol–water partition coefficient (Wildman–Crippen LogP) is 3.99. The summed E-state index contributed by atoms with van der Waals surface area (Å²) in [6.45, 7) is 4.27. The zero-order chi connectivity index (χ0) is 22.9. The molecule has 8 heteroatoms.